The Hall–Kier alpha value is -2.21. The van der Waals surface area contributed by atoms with E-state index in [1.165, 1.54) is 11.1 Å². The highest BCUT2D eigenvalue weighted by atomic mass is 35.5. The molecule has 0 spiro atoms. The van der Waals surface area contributed by atoms with Gasteiger partial charge in [0.2, 0.25) is 5.89 Å². The zero-order valence-corrected chi connectivity index (χ0v) is 16.9. The minimum Gasteiger partial charge on any atom is -0.338 e. The average Bonchev–Trinajstić information content (AvgIpc) is 3.36. The van der Waals surface area contributed by atoms with Gasteiger partial charge in [-0.1, -0.05) is 65.8 Å². The number of hydrogen-bond acceptors (Lipinski definition) is 5. The van der Waals surface area contributed by atoms with Crippen LogP contribution in [0.1, 0.15) is 41.7 Å². The van der Waals surface area contributed by atoms with Gasteiger partial charge in [0.05, 0.1) is 6.04 Å². The normalized spacial score (nSPS) is 20.6. The Morgan fingerprint density at radius 1 is 1.07 bits per heavy atom. The number of hydrogen-bond donors (Lipinski definition) is 1. The Morgan fingerprint density at radius 2 is 1.75 bits per heavy atom. The van der Waals surface area contributed by atoms with Crippen LogP contribution in [0.25, 0.3) is 0 Å². The van der Waals surface area contributed by atoms with E-state index in [9.17, 15) is 0 Å². The standard InChI is InChI=1S/C22H26N4O.ClH/c1-16(22-24-21(25-27-22)12-17-8-4-2-5-9-17)26-14-19(13-23)20(15-26)18-10-6-3-7-11-18;/h2-11,16,19-20H,12-15,23H2,1H3;1H/t16?,19-,20+;/m1./s1. The summed E-state index contributed by atoms with van der Waals surface area (Å²) in [5, 5.41) is 4.18. The van der Waals surface area contributed by atoms with E-state index in [0.29, 0.717) is 30.7 Å². The Labute approximate surface area is 172 Å². The lowest BCUT2D eigenvalue weighted by Crippen LogP contribution is -2.26. The molecule has 28 heavy (non-hydrogen) atoms. The Balaban J connectivity index is 0.00000225. The number of nitrogens with two attached hydrogens (primary N) is 1. The van der Waals surface area contributed by atoms with Gasteiger partial charge in [0.1, 0.15) is 0 Å². The van der Waals surface area contributed by atoms with Gasteiger partial charge in [0, 0.05) is 25.4 Å². The Bertz CT molecular complexity index is 855. The van der Waals surface area contributed by atoms with Crippen LogP contribution in [0.3, 0.4) is 0 Å². The van der Waals surface area contributed by atoms with Crippen molar-refractivity contribution in [1.29, 1.82) is 0 Å². The smallest absolute Gasteiger partial charge is 0.243 e. The predicted molar refractivity (Wildman–Crippen MR) is 113 cm³/mol. The lowest BCUT2D eigenvalue weighted by Gasteiger charge is -2.21. The van der Waals surface area contributed by atoms with Crippen molar-refractivity contribution in [1.82, 2.24) is 15.0 Å². The van der Waals surface area contributed by atoms with Gasteiger partial charge in [-0.2, -0.15) is 4.98 Å². The summed E-state index contributed by atoms with van der Waals surface area (Å²) < 4.78 is 5.59. The first-order chi connectivity index (χ1) is 13.2. The van der Waals surface area contributed by atoms with Gasteiger partial charge in [0.25, 0.3) is 0 Å². The molecule has 1 aliphatic rings. The molecular formula is C22H27ClN4O. The summed E-state index contributed by atoms with van der Waals surface area (Å²) in [6.07, 6.45) is 0.690. The minimum atomic E-state index is 0. The van der Waals surface area contributed by atoms with Crippen molar-refractivity contribution in [3.8, 4) is 0 Å². The molecule has 0 aliphatic carbocycles. The van der Waals surface area contributed by atoms with Crippen molar-refractivity contribution < 1.29 is 4.52 Å². The first-order valence-electron chi connectivity index (χ1n) is 9.60. The van der Waals surface area contributed by atoms with Gasteiger partial charge < -0.3 is 10.3 Å². The van der Waals surface area contributed by atoms with E-state index in [1.54, 1.807) is 0 Å². The van der Waals surface area contributed by atoms with Crippen molar-refractivity contribution in [2.24, 2.45) is 11.7 Å². The van der Waals surface area contributed by atoms with Gasteiger partial charge in [-0.05, 0) is 30.5 Å². The molecule has 2 aromatic carbocycles. The molecule has 1 aromatic heterocycles. The number of halogens is 1. The molecule has 0 bridgehead atoms. The molecule has 5 nitrogen and oxygen atoms in total. The third-order valence-electron chi connectivity index (χ3n) is 5.59. The highest BCUT2D eigenvalue weighted by Crippen LogP contribution is 2.36. The van der Waals surface area contributed by atoms with Crippen molar-refractivity contribution in [3.05, 3.63) is 83.5 Å². The summed E-state index contributed by atoms with van der Waals surface area (Å²) in [5.74, 6) is 2.31. The lowest BCUT2D eigenvalue weighted by atomic mass is 9.89. The second-order valence-corrected chi connectivity index (χ2v) is 7.35. The quantitative estimate of drug-likeness (QED) is 0.683. The van der Waals surface area contributed by atoms with E-state index < -0.39 is 0 Å². The van der Waals surface area contributed by atoms with Gasteiger partial charge in [-0.25, -0.2) is 0 Å². The van der Waals surface area contributed by atoms with Crippen LogP contribution in [0.4, 0.5) is 0 Å². The molecule has 1 saturated heterocycles. The first kappa shape index (κ1) is 20.5. The Morgan fingerprint density at radius 3 is 2.43 bits per heavy atom. The largest absolute Gasteiger partial charge is 0.338 e. The molecule has 0 amide bonds. The predicted octanol–water partition coefficient (Wildman–Crippen LogP) is 3.82. The topological polar surface area (TPSA) is 68.2 Å². The van der Waals surface area contributed by atoms with Gasteiger partial charge >= 0.3 is 0 Å². The van der Waals surface area contributed by atoms with Crippen LogP contribution in [0, 0.1) is 5.92 Å². The van der Waals surface area contributed by atoms with Gasteiger partial charge in [-0.3, -0.25) is 4.90 Å². The highest BCUT2D eigenvalue weighted by Gasteiger charge is 2.36. The van der Waals surface area contributed by atoms with E-state index >= 15 is 0 Å². The molecule has 4 rings (SSSR count). The molecule has 1 fully saturated rings. The lowest BCUT2D eigenvalue weighted by molar-refractivity contribution is 0.202. The highest BCUT2D eigenvalue weighted by molar-refractivity contribution is 5.85. The van der Waals surface area contributed by atoms with Crippen LogP contribution >= 0.6 is 12.4 Å². The Kier molecular flexibility index (Phi) is 6.83. The summed E-state index contributed by atoms with van der Waals surface area (Å²) in [7, 11) is 0. The zero-order valence-electron chi connectivity index (χ0n) is 16.1. The third kappa shape index (κ3) is 4.43. The van der Waals surface area contributed by atoms with Crippen molar-refractivity contribution >= 4 is 12.4 Å². The number of likely N-dealkylation sites (tertiary alicyclic amines) is 1. The fraction of sp³-hybridized carbons (Fsp3) is 0.364. The molecule has 6 heteroatoms. The van der Waals surface area contributed by atoms with Gasteiger partial charge in [-0.15, -0.1) is 12.4 Å². The summed E-state index contributed by atoms with van der Waals surface area (Å²) in [5.41, 5.74) is 8.62. The van der Waals surface area contributed by atoms with Crippen LogP contribution in [-0.2, 0) is 6.42 Å². The fourth-order valence-corrected chi connectivity index (χ4v) is 3.98. The summed E-state index contributed by atoms with van der Waals surface area (Å²) >= 11 is 0. The maximum absolute atomic E-state index is 6.07. The molecule has 148 valence electrons. The van der Waals surface area contributed by atoms with E-state index in [0.717, 1.165) is 18.9 Å². The fourth-order valence-electron chi connectivity index (χ4n) is 3.98. The van der Waals surface area contributed by atoms with Crippen LogP contribution in [0.15, 0.2) is 65.2 Å². The van der Waals surface area contributed by atoms with E-state index in [-0.39, 0.29) is 18.4 Å². The van der Waals surface area contributed by atoms with Crippen molar-refractivity contribution in [2.75, 3.05) is 19.6 Å². The monoisotopic (exact) mass is 398 g/mol. The third-order valence-corrected chi connectivity index (χ3v) is 5.59. The van der Waals surface area contributed by atoms with E-state index in [1.807, 2.05) is 18.2 Å². The molecule has 3 aromatic rings. The summed E-state index contributed by atoms with van der Waals surface area (Å²) in [6, 6.07) is 21.0. The van der Waals surface area contributed by atoms with Crippen LogP contribution in [0.2, 0.25) is 0 Å². The van der Waals surface area contributed by atoms with Gasteiger partial charge in [0.15, 0.2) is 5.82 Å². The summed E-state index contributed by atoms with van der Waals surface area (Å²) in [6.45, 7) is 4.74. The summed E-state index contributed by atoms with van der Waals surface area (Å²) in [4.78, 5) is 7.06. The number of aromatic nitrogens is 2. The minimum absolute atomic E-state index is 0. The van der Waals surface area contributed by atoms with E-state index in [2.05, 4.69) is 64.4 Å². The molecular weight excluding hydrogens is 372 g/mol. The molecule has 2 heterocycles. The molecule has 2 N–H and O–H groups in total. The maximum atomic E-state index is 6.07. The van der Waals surface area contributed by atoms with E-state index in [4.69, 9.17) is 10.3 Å². The second-order valence-electron chi connectivity index (χ2n) is 7.35. The van der Waals surface area contributed by atoms with Crippen LogP contribution in [-0.4, -0.2) is 34.7 Å². The number of benzene rings is 2. The average molecular weight is 399 g/mol. The van der Waals surface area contributed by atoms with Crippen LogP contribution < -0.4 is 5.73 Å². The molecule has 1 unspecified atom stereocenters. The van der Waals surface area contributed by atoms with Crippen molar-refractivity contribution in [2.45, 2.75) is 25.3 Å². The zero-order chi connectivity index (χ0) is 18.6. The molecule has 0 saturated carbocycles. The second kappa shape index (κ2) is 9.32. The molecule has 3 atom stereocenters. The van der Waals surface area contributed by atoms with Crippen LogP contribution in [0.5, 0.6) is 0 Å². The SMILES string of the molecule is CC(c1nc(Cc2ccccc2)no1)N1C[C@@H](CN)[C@H](c2ccccc2)C1.Cl. The first-order valence-corrected chi connectivity index (χ1v) is 9.60. The van der Waals surface area contributed by atoms with Crippen molar-refractivity contribution in [3.63, 3.8) is 0 Å². The maximum Gasteiger partial charge on any atom is 0.243 e. The number of nitrogens with zero attached hydrogens (tertiary/aromatic N) is 3. The number of rotatable bonds is 6. The molecule has 0 radical (unpaired) electrons. The molecule has 1 aliphatic heterocycles.